The zero-order valence-corrected chi connectivity index (χ0v) is 9.51. The summed E-state index contributed by atoms with van der Waals surface area (Å²) in [4.78, 5) is 43.6. The predicted octanol–water partition coefficient (Wildman–Crippen LogP) is -2.72. The molecular weight excluding hydrogens is 240 g/mol. The monoisotopic (exact) mass is 254 g/mol. The number of primary amides is 2. The summed E-state index contributed by atoms with van der Waals surface area (Å²) in [7, 11) is 0. The van der Waals surface area contributed by atoms with Crippen LogP contribution in [0.15, 0.2) is 12.2 Å². The number of amides is 4. The fraction of sp³-hybridized carbons (Fsp3) is 0.400. The Balaban J connectivity index is 2.66. The molecule has 0 spiro atoms. The molecule has 8 nitrogen and oxygen atoms in total. The Morgan fingerprint density at radius 3 is 1.44 bits per heavy atom. The predicted molar refractivity (Wildman–Crippen MR) is 60.6 cm³/mol. The lowest BCUT2D eigenvalue weighted by Gasteiger charge is -2.29. The summed E-state index contributed by atoms with van der Waals surface area (Å²) in [5.74, 6) is -4.09. The van der Waals surface area contributed by atoms with Crippen LogP contribution < -0.4 is 22.1 Å². The average molecular weight is 254 g/mol. The molecule has 0 aromatic carbocycles. The van der Waals surface area contributed by atoms with Crippen LogP contribution in [0.2, 0.25) is 0 Å². The van der Waals surface area contributed by atoms with Crippen molar-refractivity contribution in [2.75, 3.05) is 0 Å². The Bertz CT molecular complexity index is 380. The third-order valence-corrected chi connectivity index (χ3v) is 2.51. The molecule has 2 atom stereocenters. The fourth-order valence-electron chi connectivity index (χ4n) is 1.61. The van der Waals surface area contributed by atoms with Crippen molar-refractivity contribution < 1.29 is 19.2 Å². The van der Waals surface area contributed by atoms with Crippen molar-refractivity contribution in [3.8, 4) is 0 Å². The van der Waals surface area contributed by atoms with Crippen molar-refractivity contribution in [1.29, 1.82) is 0 Å². The maximum absolute atomic E-state index is 11.2. The first kappa shape index (κ1) is 13.7. The van der Waals surface area contributed by atoms with E-state index in [0.29, 0.717) is 12.8 Å². The molecule has 1 aliphatic carbocycles. The molecule has 18 heavy (non-hydrogen) atoms. The molecule has 1 aliphatic rings. The number of nitrogens with one attached hydrogen (secondary N) is 2. The Kier molecular flexibility index (Phi) is 4.41. The summed E-state index contributed by atoms with van der Waals surface area (Å²) in [6.45, 7) is 0. The fourth-order valence-corrected chi connectivity index (χ4v) is 1.61. The Morgan fingerprint density at radius 2 is 1.17 bits per heavy atom. The molecule has 4 amide bonds. The summed E-state index contributed by atoms with van der Waals surface area (Å²) < 4.78 is 0. The molecular formula is C10H14N4O4. The van der Waals surface area contributed by atoms with Crippen LogP contribution in [-0.2, 0) is 19.2 Å². The van der Waals surface area contributed by atoms with Gasteiger partial charge in [0.05, 0.1) is 12.1 Å². The van der Waals surface area contributed by atoms with Gasteiger partial charge < -0.3 is 22.1 Å². The molecule has 0 saturated carbocycles. The highest BCUT2D eigenvalue weighted by molar-refractivity contribution is 6.35. The van der Waals surface area contributed by atoms with Crippen molar-refractivity contribution in [2.24, 2.45) is 11.5 Å². The standard InChI is InChI=1S/C10H14N4O4/c11-7(15)9(17)13-5-3-1-2-4-6(5)14-10(18)8(12)16/h1-2,5-6H,3-4H2,(H2,11,15)(H2,12,16)(H,13,17)(H,14,18)/t5-,6+. The van der Waals surface area contributed by atoms with E-state index in [1.165, 1.54) is 0 Å². The smallest absolute Gasteiger partial charge is 0.309 e. The van der Waals surface area contributed by atoms with Gasteiger partial charge in [0.1, 0.15) is 0 Å². The molecule has 0 bridgehead atoms. The molecule has 0 unspecified atom stereocenters. The van der Waals surface area contributed by atoms with E-state index in [4.69, 9.17) is 11.5 Å². The topological polar surface area (TPSA) is 144 Å². The molecule has 0 radical (unpaired) electrons. The van der Waals surface area contributed by atoms with Gasteiger partial charge >= 0.3 is 23.6 Å². The largest absolute Gasteiger partial charge is 0.361 e. The van der Waals surface area contributed by atoms with Crippen LogP contribution in [0.25, 0.3) is 0 Å². The third-order valence-electron chi connectivity index (χ3n) is 2.51. The van der Waals surface area contributed by atoms with Gasteiger partial charge in [-0.15, -0.1) is 0 Å². The van der Waals surface area contributed by atoms with Crippen LogP contribution in [0.4, 0.5) is 0 Å². The normalized spacial score (nSPS) is 22.0. The number of hydrogen-bond donors (Lipinski definition) is 4. The highest BCUT2D eigenvalue weighted by atomic mass is 16.2. The Hall–Kier alpha value is -2.38. The van der Waals surface area contributed by atoms with Gasteiger partial charge in [0.15, 0.2) is 0 Å². The number of hydrogen-bond acceptors (Lipinski definition) is 4. The lowest BCUT2D eigenvalue weighted by Crippen LogP contribution is -2.56. The van der Waals surface area contributed by atoms with Crippen LogP contribution in [0.1, 0.15) is 12.8 Å². The van der Waals surface area contributed by atoms with Crippen LogP contribution >= 0.6 is 0 Å². The second kappa shape index (κ2) is 5.80. The summed E-state index contributed by atoms with van der Waals surface area (Å²) in [6, 6.07) is -1.00. The van der Waals surface area contributed by atoms with Gasteiger partial charge in [0.2, 0.25) is 0 Å². The number of nitrogens with two attached hydrogens (primary N) is 2. The van der Waals surface area contributed by atoms with E-state index >= 15 is 0 Å². The van der Waals surface area contributed by atoms with E-state index in [9.17, 15) is 19.2 Å². The molecule has 0 fully saturated rings. The highest BCUT2D eigenvalue weighted by Crippen LogP contribution is 2.12. The Morgan fingerprint density at radius 1 is 0.833 bits per heavy atom. The quantitative estimate of drug-likeness (QED) is 0.313. The molecule has 0 aliphatic heterocycles. The molecule has 1 rings (SSSR count). The minimum absolute atomic E-state index is 0.419. The average Bonchev–Trinajstić information content (AvgIpc) is 2.31. The molecule has 98 valence electrons. The van der Waals surface area contributed by atoms with Crippen molar-refractivity contribution in [3.63, 3.8) is 0 Å². The third kappa shape index (κ3) is 3.58. The number of carbonyl (C=O) groups is 4. The van der Waals surface area contributed by atoms with Gasteiger partial charge in [-0.1, -0.05) is 12.2 Å². The first-order valence-corrected chi connectivity index (χ1v) is 5.27. The minimum atomic E-state index is -1.11. The Labute approximate surface area is 103 Å². The van der Waals surface area contributed by atoms with Gasteiger partial charge in [-0.05, 0) is 12.8 Å². The number of carbonyl (C=O) groups excluding carboxylic acids is 4. The molecule has 0 saturated heterocycles. The van der Waals surface area contributed by atoms with E-state index in [0.717, 1.165) is 0 Å². The van der Waals surface area contributed by atoms with E-state index in [-0.39, 0.29) is 0 Å². The zero-order chi connectivity index (χ0) is 13.7. The van der Waals surface area contributed by atoms with Crippen LogP contribution in [0, 0.1) is 0 Å². The van der Waals surface area contributed by atoms with Crippen LogP contribution in [0.5, 0.6) is 0 Å². The van der Waals surface area contributed by atoms with Gasteiger partial charge in [0, 0.05) is 0 Å². The first-order chi connectivity index (χ1) is 8.41. The van der Waals surface area contributed by atoms with E-state index in [1.54, 1.807) is 12.2 Å². The summed E-state index contributed by atoms with van der Waals surface area (Å²) in [6.07, 6.45) is 4.42. The van der Waals surface area contributed by atoms with Gasteiger partial charge in [-0.25, -0.2) is 0 Å². The van der Waals surface area contributed by atoms with Crippen LogP contribution in [0.3, 0.4) is 0 Å². The summed E-state index contributed by atoms with van der Waals surface area (Å²) in [5, 5.41) is 4.76. The molecule has 6 N–H and O–H groups in total. The van der Waals surface area contributed by atoms with Crippen molar-refractivity contribution in [2.45, 2.75) is 24.9 Å². The van der Waals surface area contributed by atoms with E-state index < -0.39 is 35.7 Å². The van der Waals surface area contributed by atoms with Crippen molar-refractivity contribution >= 4 is 23.6 Å². The number of rotatable bonds is 2. The molecule has 8 heteroatoms. The second-order valence-corrected chi connectivity index (χ2v) is 3.83. The van der Waals surface area contributed by atoms with Gasteiger partial charge in [0.25, 0.3) is 0 Å². The lowest BCUT2D eigenvalue weighted by molar-refractivity contribution is -0.139. The van der Waals surface area contributed by atoms with Crippen molar-refractivity contribution in [1.82, 2.24) is 10.6 Å². The maximum atomic E-state index is 11.2. The SMILES string of the molecule is NC(=O)C(=O)N[C@H]1CC=CC[C@H]1NC(=O)C(N)=O. The molecule has 0 aromatic heterocycles. The van der Waals surface area contributed by atoms with Crippen molar-refractivity contribution in [3.05, 3.63) is 12.2 Å². The van der Waals surface area contributed by atoms with Gasteiger partial charge in [-0.3, -0.25) is 19.2 Å². The zero-order valence-electron chi connectivity index (χ0n) is 9.51. The maximum Gasteiger partial charge on any atom is 0.309 e. The second-order valence-electron chi connectivity index (χ2n) is 3.83. The van der Waals surface area contributed by atoms with Crippen LogP contribution in [-0.4, -0.2) is 35.7 Å². The summed E-state index contributed by atoms with van der Waals surface area (Å²) >= 11 is 0. The lowest BCUT2D eigenvalue weighted by atomic mass is 9.95. The van der Waals surface area contributed by atoms with Gasteiger partial charge in [-0.2, -0.15) is 0 Å². The first-order valence-electron chi connectivity index (χ1n) is 5.27. The van der Waals surface area contributed by atoms with E-state index in [1.807, 2.05) is 0 Å². The summed E-state index contributed by atoms with van der Waals surface area (Å²) in [5.41, 5.74) is 9.64. The highest BCUT2D eigenvalue weighted by Gasteiger charge is 2.27. The molecule has 0 aromatic rings. The molecule has 0 heterocycles. The minimum Gasteiger partial charge on any atom is -0.361 e. The van der Waals surface area contributed by atoms with E-state index in [2.05, 4.69) is 10.6 Å².